The second-order valence-corrected chi connectivity index (χ2v) is 4.66. The molecule has 0 unspecified atom stereocenters. The Morgan fingerprint density at radius 2 is 1.94 bits per heavy atom. The summed E-state index contributed by atoms with van der Waals surface area (Å²) in [5.41, 5.74) is 8.75. The third-order valence-electron chi connectivity index (χ3n) is 2.79. The van der Waals surface area contributed by atoms with Crippen LogP contribution >= 0.6 is 11.6 Å². The first-order chi connectivity index (χ1) is 8.60. The summed E-state index contributed by atoms with van der Waals surface area (Å²) >= 11 is 6.07. The fourth-order valence-corrected chi connectivity index (χ4v) is 2.02. The van der Waals surface area contributed by atoms with E-state index < -0.39 is 0 Å². The van der Waals surface area contributed by atoms with Gasteiger partial charge in [0.15, 0.2) is 0 Å². The van der Waals surface area contributed by atoms with Gasteiger partial charge in [0.25, 0.3) is 0 Å². The summed E-state index contributed by atoms with van der Waals surface area (Å²) in [6.45, 7) is 4.06. The van der Waals surface area contributed by atoms with E-state index in [2.05, 4.69) is 6.92 Å². The van der Waals surface area contributed by atoms with E-state index in [0.717, 1.165) is 28.3 Å². The maximum absolute atomic E-state index is 6.07. The van der Waals surface area contributed by atoms with Gasteiger partial charge >= 0.3 is 0 Å². The number of nitrogen functional groups attached to an aromatic ring is 1. The van der Waals surface area contributed by atoms with Crippen LogP contribution in [0.1, 0.15) is 18.1 Å². The zero-order valence-corrected chi connectivity index (χ0v) is 11.3. The van der Waals surface area contributed by atoms with Crippen molar-refractivity contribution in [3.63, 3.8) is 0 Å². The van der Waals surface area contributed by atoms with Gasteiger partial charge in [-0.25, -0.2) is 0 Å². The van der Waals surface area contributed by atoms with E-state index in [9.17, 15) is 0 Å². The smallest absolute Gasteiger partial charge is 0.150 e. The molecule has 18 heavy (non-hydrogen) atoms. The Morgan fingerprint density at radius 3 is 2.61 bits per heavy atom. The van der Waals surface area contributed by atoms with Crippen LogP contribution in [0.5, 0.6) is 11.5 Å². The summed E-state index contributed by atoms with van der Waals surface area (Å²) in [6, 6.07) is 11.4. The average Bonchev–Trinajstić information content (AvgIpc) is 2.35. The summed E-state index contributed by atoms with van der Waals surface area (Å²) in [5, 5.41) is 0.765. The monoisotopic (exact) mass is 261 g/mol. The van der Waals surface area contributed by atoms with Gasteiger partial charge in [0.05, 0.1) is 5.69 Å². The van der Waals surface area contributed by atoms with Crippen molar-refractivity contribution in [1.29, 1.82) is 0 Å². The molecule has 0 saturated carbocycles. The minimum atomic E-state index is 0.642. The van der Waals surface area contributed by atoms with E-state index in [0.29, 0.717) is 11.4 Å². The van der Waals surface area contributed by atoms with Crippen molar-refractivity contribution in [2.75, 3.05) is 5.73 Å². The summed E-state index contributed by atoms with van der Waals surface area (Å²) in [5.74, 6) is 1.43. The van der Waals surface area contributed by atoms with E-state index in [1.807, 2.05) is 43.3 Å². The molecule has 2 N–H and O–H groups in total. The molecule has 0 spiro atoms. The summed E-state index contributed by atoms with van der Waals surface area (Å²) in [4.78, 5) is 0. The third kappa shape index (κ3) is 2.77. The SMILES string of the molecule is CCc1cc(Oc2ccc(C)cc2N)ccc1Cl. The minimum Gasteiger partial charge on any atom is -0.455 e. The standard InChI is InChI=1S/C15H16ClNO/c1-3-11-9-12(5-6-13(11)16)18-15-7-4-10(2)8-14(15)17/h4-9H,3,17H2,1-2H3. The summed E-state index contributed by atoms with van der Waals surface area (Å²) < 4.78 is 5.78. The number of benzene rings is 2. The van der Waals surface area contributed by atoms with E-state index >= 15 is 0 Å². The molecule has 2 aromatic carbocycles. The Kier molecular flexibility index (Phi) is 3.78. The van der Waals surface area contributed by atoms with Crippen LogP contribution in [0.4, 0.5) is 5.69 Å². The van der Waals surface area contributed by atoms with E-state index in [4.69, 9.17) is 22.1 Å². The Balaban J connectivity index is 2.28. The lowest BCUT2D eigenvalue weighted by Gasteiger charge is -2.10. The van der Waals surface area contributed by atoms with Crippen LogP contribution in [0.3, 0.4) is 0 Å². The van der Waals surface area contributed by atoms with Crippen molar-refractivity contribution in [3.05, 3.63) is 52.5 Å². The number of hydrogen-bond acceptors (Lipinski definition) is 2. The number of aryl methyl sites for hydroxylation is 2. The number of nitrogens with two attached hydrogens (primary N) is 1. The first-order valence-corrected chi connectivity index (χ1v) is 6.30. The van der Waals surface area contributed by atoms with Crippen LogP contribution in [0.25, 0.3) is 0 Å². The lowest BCUT2D eigenvalue weighted by Crippen LogP contribution is -1.93. The number of ether oxygens (including phenoxy) is 1. The predicted molar refractivity (Wildman–Crippen MR) is 76.5 cm³/mol. The van der Waals surface area contributed by atoms with Gasteiger partial charge in [0.1, 0.15) is 11.5 Å². The van der Waals surface area contributed by atoms with Crippen molar-refractivity contribution in [2.45, 2.75) is 20.3 Å². The molecule has 0 saturated heterocycles. The largest absolute Gasteiger partial charge is 0.455 e. The van der Waals surface area contributed by atoms with Gasteiger partial charge < -0.3 is 10.5 Å². The quantitative estimate of drug-likeness (QED) is 0.821. The van der Waals surface area contributed by atoms with Crippen molar-refractivity contribution in [3.8, 4) is 11.5 Å². The lowest BCUT2D eigenvalue weighted by molar-refractivity contribution is 0.484. The number of hydrogen-bond donors (Lipinski definition) is 1. The molecule has 3 heteroatoms. The molecule has 0 heterocycles. The number of halogens is 1. The molecule has 2 aromatic rings. The van der Waals surface area contributed by atoms with Crippen LogP contribution in [0, 0.1) is 6.92 Å². The van der Waals surface area contributed by atoms with Gasteiger partial charge in [-0.3, -0.25) is 0 Å². The fraction of sp³-hybridized carbons (Fsp3) is 0.200. The fourth-order valence-electron chi connectivity index (χ4n) is 1.77. The topological polar surface area (TPSA) is 35.2 Å². The first-order valence-electron chi connectivity index (χ1n) is 5.92. The van der Waals surface area contributed by atoms with Crippen LogP contribution in [0.15, 0.2) is 36.4 Å². The highest BCUT2D eigenvalue weighted by molar-refractivity contribution is 6.31. The Bertz CT molecular complexity index is 566. The molecule has 0 atom stereocenters. The van der Waals surface area contributed by atoms with Gasteiger partial charge in [-0.05, 0) is 54.8 Å². The molecule has 0 aliphatic rings. The van der Waals surface area contributed by atoms with Crippen molar-refractivity contribution in [2.24, 2.45) is 0 Å². The highest BCUT2D eigenvalue weighted by Crippen LogP contribution is 2.30. The molecule has 2 rings (SSSR count). The molecule has 0 fully saturated rings. The molecule has 0 bridgehead atoms. The normalized spacial score (nSPS) is 10.4. The zero-order valence-electron chi connectivity index (χ0n) is 10.5. The van der Waals surface area contributed by atoms with Gasteiger partial charge in [0, 0.05) is 5.02 Å². The van der Waals surface area contributed by atoms with Gasteiger partial charge in [-0.15, -0.1) is 0 Å². The number of anilines is 1. The van der Waals surface area contributed by atoms with Crippen LogP contribution in [-0.4, -0.2) is 0 Å². The van der Waals surface area contributed by atoms with E-state index in [-0.39, 0.29) is 0 Å². The molecule has 2 nitrogen and oxygen atoms in total. The minimum absolute atomic E-state index is 0.642. The van der Waals surface area contributed by atoms with Crippen LogP contribution in [-0.2, 0) is 6.42 Å². The Labute approximate surface area is 112 Å². The molecular formula is C15H16ClNO. The first kappa shape index (κ1) is 12.8. The Hall–Kier alpha value is -1.67. The maximum atomic E-state index is 6.07. The van der Waals surface area contributed by atoms with Gasteiger partial charge in [-0.1, -0.05) is 24.6 Å². The molecule has 0 radical (unpaired) electrons. The van der Waals surface area contributed by atoms with E-state index in [1.165, 1.54) is 0 Å². The van der Waals surface area contributed by atoms with Crippen LogP contribution < -0.4 is 10.5 Å². The van der Waals surface area contributed by atoms with Gasteiger partial charge in [0.2, 0.25) is 0 Å². The average molecular weight is 262 g/mol. The van der Waals surface area contributed by atoms with Crippen molar-refractivity contribution >= 4 is 17.3 Å². The summed E-state index contributed by atoms with van der Waals surface area (Å²) in [7, 11) is 0. The predicted octanol–water partition coefficient (Wildman–Crippen LogP) is 4.59. The third-order valence-corrected chi connectivity index (χ3v) is 3.16. The Morgan fingerprint density at radius 1 is 1.17 bits per heavy atom. The van der Waals surface area contributed by atoms with Crippen molar-refractivity contribution < 1.29 is 4.74 Å². The second-order valence-electron chi connectivity index (χ2n) is 4.25. The molecule has 0 aliphatic heterocycles. The zero-order chi connectivity index (χ0) is 13.1. The second kappa shape index (κ2) is 5.32. The van der Waals surface area contributed by atoms with Gasteiger partial charge in [-0.2, -0.15) is 0 Å². The molecule has 94 valence electrons. The molecule has 0 aromatic heterocycles. The van der Waals surface area contributed by atoms with Crippen LogP contribution in [0.2, 0.25) is 5.02 Å². The lowest BCUT2D eigenvalue weighted by atomic mass is 10.1. The molecular weight excluding hydrogens is 246 g/mol. The van der Waals surface area contributed by atoms with E-state index in [1.54, 1.807) is 0 Å². The molecule has 0 aliphatic carbocycles. The summed E-state index contributed by atoms with van der Waals surface area (Å²) in [6.07, 6.45) is 0.874. The highest BCUT2D eigenvalue weighted by Gasteiger charge is 2.05. The number of rotatable bonds is 3. The molecule has 0 amide bonds. The highest BCUT2D eigenvalue weighted by atomic mass is 35.5. The van der Waals surface area contributed by atoms with Crippen molar-refractivity contribution in [1.82, 2.24) is 0 Å². The maximum Gasteiger partial charge on any atom is 0.150 e.